The zero-order valence-corrected chi connectivity index (χ0v) is 15.6. The minimum Gasteiger partial charge on any atom is -0.397 e. The Labute approximate surface area is 159 Å². The molecule has 0 amide bonds. The van der Waals surface area contributed by atoms with E-state index in [1.807, 2.05) is 80.5 Å². The second kappa shape index (κ2) is 7.23. The van der Waals surface area contributed by atoms with Gasteiger partial charge in [-0.2, -0.15) is 10.5 Å². The van der Waals surface area contributed by atoms with Crippen LogP contribution in [0.3, 0.4) is 0 Å². The van der Waals surface area contributed by atoms with Crippen LogP contribution in [-0.4, -0.2) is 14.1 Å². The summed E-state index contributed by atoms with van der Waals surface area (Å²) < 4.78 is 0. The molecule has 0 atom stereocenters. The lowest BCUT2D eigenvalue weighted by Gasteiger charge is -2.16. The van der Waals surface area contributed by atoms with Gasteiger partial charge in [-0.15, -0.1) is 0 Å². The molecule has 0 bridgehead atoms. The van der Waals surface area contributed by atoms with Crippen LogP contribution in [0, 0.1) is 29.6 Å². The summed E-state index contributed by atoms with van der Waals surface area (Å²) in [6, 6.07) is 22.1. The van der Waals surface area contributed by atoms with E-state index in [1.54, 1.807) is 0 Å². The minimum atomic E-state index is 0.227. The highest BCUT2D eigenvalue weighted by molar-refractivity contribution is 5.89. The molecule has 4 heteroatoms. The van der Waals surface area contributed by atoms with Gasteiger partial charge in [0.05, 0.1) is 16.8 Å². The van der Waals surface area contributed by atoms with Gasteiger partial charge in [0.15, 0.2) is 0 Å². The zero-order chi connectivity index (χ0) is 19.6. The summed E-state index contributed by atoms with van der Waals surface area (Å²) in [4.78, 5) is 2.01. The van der Waals surface area contributed by atoms with Crippen LogP contribution < -0.4 is 10.6 Å². The lowest BCUT2D eigenvalue weighted by atomic mass is 9.89. The van der Waals surface area contributed by atoms with Crippen molar-refractivity contribution in [3.63, 3.8) is 0 Å². The van der Waals surface area contributed by atoms with Crippen LogP contribution in [0.4, 0.5) is 11.4 Å². The van der Waals surface area contributed by atoms with E-state index in [4.69, 9.17) is 5.73 Å². The van der Waals surface area contributed by atoms with Crippen LogP contribution in [0.5, 0.6) is 0 Å². The van der Waals surface area contributed by atoms with Crippen LogP contribution in [0.15, 0.2) is 54.6 Å². The second-order valence-electron chi connectivity index (χ2n) is 6.67. The molecule has 2 N–H and O–H groups in total. The van der Waals surface area contributed by atoms with Gasteiger partial charge in [0, 0.05) is 30.9 Å². The average Bonchev–Trinajstić information content (AvgIpc) is 2.68. The molecule has 27 heavy (non-hydrogen) atoms. The number of rotatable bonds is 3. The largest absolute Gasteiger partial charge is 0.397 e. The molecule has 0 fully saturated rings. The van der Waals surface area contributed by atoms with Gasteiger partial charge in [-0.3, -0.25) is 0 Å². The average molecular weight is 352 g/mol. The fourth-order valence-corrected chi connectivity index (χ4v) is 3.07. The van der Waals surface area contributed by atoms with Crippen LogP contribution in [-0.2, 0) is 0 Å². The first-order valence-corrected chi connectivity index (χ1v) is 8.57. The van der Waals surface area contributed by atoms with E-state index in [1.165, 1.54) is 0 Å². The minimum absolute atomic E-state index is 0.227. The van der Waals surface area contributed by atoms with Crippen molar-refractivity contribution >= 4 is 11.4 Å². The van der Waals surface area contributed by atoms with Crippen molar-refractivity contribution in [1.29, 1.82) is 10.5 Å². The van der Waals surface area contributed by atoms with Gasteiger partial charge in [-0.05, 0) is 36.2 Å². The van der Waals surface area contributed by atoms with Crippen molar-refractivity contribution in [3.8, 4) is 34.4 Å². The maximum absolute atomic E-state index is 9.67. The van der Waals surface area contributed by atoms with E-state index in [9.17, 15) is 10.5 Å². The summed E-state index contributed by atoms with van der Waals surface area (Å²) in [6.45, 7) is 2.01. The molecule has 0 unspecified atom stereocenters. The normalized spacial score (nSPS) is 10.1. The summed E-state index contributed by atoms with van der Waals surface area (Å²) in [5.74, 6) is 0. The second-order valence-corrected chi connectivity index (χ2v) is 6.67. The van der Waals surface area contributed by atoms with Crippen LogP contribution in [0.2, 0.25) is 0 Å². The van der Waals surface area contributed by atoms with Crippen molar-refractivity contribution in [2.24, 2.45) is 0 Å². The molecule has 0 aliphatic carbocycles. The summed E-state index contributed by atoms with van der Waals surface area (Å²) in [6.07, 6.45) is 0. The molecule has 4 nitrogen and oxygen atoms in total. The molecular formula is C23H20N4. The Hall–Kier alpha value is -3.76. The number of nitrogens with zero attached hydrogens (tertiary/aromatic N) is 3. The van der Waals surface area contributed by atoms with E-state index in [-0.39, 0.29) is 5.69 Å². The predicted molar refractivity (Wildman–Crippen MR) is 110 cm³/mol. The van der Waals surface area contributed by atoms with Crippen molar-refractivity contribution < 1.29 is 0 Å². The highest BCUT2D eigenvalue weighted by atomic mass is 15.1. The van der Waals surface area contributed by atoms with Crippen LogP contribution in [0.1, 0.15) is 16.7 Å². The third kappa shape index (κ3) is 3.34. The lowest BCUT2D eigenvalue weighted by Crippen LogP contribution is -2.08. The van der Waals surface area contributed by atoms with Crippen LogP contribution >= 0.6 is 0 Å². The molecule has 0 aromatic heterocycles. The quantitative estimate of drug-likeness (QED) is 0.692. The van der Waals surface area contributed by atoms with Crippen molar-refractivity contribution in [1.82, 2.24) is 0 Å². The molecule has 3 aromatic carbocycles. The number of anilines is 2. The van der Waals surface area contributed by atoms with Crippen LogP contribution in [0.25, 0.3) is 22.3 Å². The summed E-state index contributed by atoms with van der Waals surface area (Å²) in [5.41, 5.74) is 12.6. The SMILES string of the molecule is Cc1ccc(-c2cc(-c3ccc(N(C)C)cc3)c(C#N)c(N)c2C#N)cc1. The number of nitrogens with two attached hydrogens (primary N) is 1. The number of hydrogen-bond donors (Lipinski definition) is 1. The fraction of sp³-hybridized carbons (Fsp3) is 0.130. The van der Waals surface area contributed by atoms with Gasteiger partial charge in [-0.25, -0.2) is 0 Å². The Morgan fingerprint density at radius 1 is 0.778 bits per heavy atom. The standard InChI is InChI=1S/C23H20N4/c1-15-4-6-16(7-5-15)19-12-20(22(14-25)23(26)21(19)13-24)17-8-10-18(11-9-17)27(2)3/h4-12H,26H2,1-3H3. The van der Waals surface area contributed by atoms with Crippen molar-refractivity contribution in [3.05, 3.63) is 71.3 Å². The molecule has 0 aliphatic rings. The molecule has 3 rings (SSSR count). The molecule has 0 saturated heterocycles. The maximum atomic E-state index is 9.67. The first kappa shape index (κ1) is 18.0. The monoisotopic (exact) mass is 352 g/mol. The number of aryl methyl sites for hydroxylation is 1. The van der Waals surface area contributed by atoms with E-state index in [2.05, 4.69) is 12.1 Å². The Kier molecular flexibility index (Phi) is 4.83. The third-order valence-corrected chi connectivity index (χ3v) is 4.65. The first-order chi connectivity index (χ1) is 13.0. The van der Waals surface area contributed by atoms with Gasteiger partial charge in [0.1, 0.15) is 12.1 Å². The third-order valence-electron chi connectivity index (χ3n) is 4.65. The number of nitriles is 2. The van der Waals surface area contributed by atoms with Crippen molar-refractivity contribution in [2.75, 3.05) is 24.7 Å². The molecule has 0 aliphatic heterocycles. The molecule has 0 heterocycles. The lowest BCUT2D eigenvalue weighted by molar-refractivity contribution is 1.13. The van der Waals surface area contributed by atoms with Gasteiger partial charge in [0.25, 0.3) is 0 Å². The van der Waals surface area contributed by atoms with E-state index >= 15 is 0 Å². The molecule has 0 saturated carbocycles. The highest BCUT2D eigenvalue weighted by Gasteiger charge is 2.18. The van der Waals surface area contributed by atoms with E-state index < -0.39 is 0 Å². The van der Waals surface area contributed by atoms with E-state index in [0.717, 1.165) is 33.5 Å². The highest BCUT2D eigenvalue weighted by Crippen LogP contribution is 2.37. The molecule has 132 valence electrons. The summed E-state index contributed by atoms with van der Waals surface area (Å²) in [5, 5.41) is 19.3. The Morgan fingerprint density at radius 2 is 1.22 bits per heavy atom. The van der Waals surface area contributed by atoms with E-state index in [0.29, 0.717) is 11.1 Å². The van der Waals surface area contributed by atoms with Gasteiger partial charge in [-0.1, -0.05) is 42.0 Å². The number of hydrogen-bond acceptors (Lipinski definition) is 4. The zero-order valence-electron chi connectivity index (χ0n) is 15.6. The number of nitrogen functional groups attached to an aromatic ring is 1. The molecule has 0 spiro atoms. The Bertz CT molecular complexity index is 1060. The predicted octanol–water partition coefficient (Wildman–Crippen LogP) is 4.72. The summed E-state index contributed by atoms with van der Waals surface area (Å²) >= 11 is 0. The molecule has 3 aromatic rings. The summed E-state index contributed by atoms with van der Waals surface area (Å²) in [7, 11) is 3.95. The van der Waals surface area contributed by atoms with Crippen molar-refractivity contribution in [2.45, 2.75) is 6.92 Å². The van der Waals surface area contributed by atoms with Gasteiger partial charge < -0.3 is 10.6 Å². The fourth-order valence-electron chi connectivity index (χ4n) is 3.07. The molecule has 0 radical (unpaired) electrons. The smallest absolute Gasteiger partial charge is 0.102 e. The Morgan fingerprint density at radius 3 is 1.63 bits per heavy atom. The topological polar surface area (TPSA) is 76.8 Å². The maximum Gasteiger partial charge on any atom is 0.102 e. The van der Waals surface area contributed by atoms with Gasteiger partial charge >= 0.3 is 0 Å². The number of benzene rings is 3. The first-order valence-electron chi connectivity index (χ1n) is 8.57. The van der Waals surface area contributed by atoms with Gasteiger partial charge in [0.2, 0.25) is 0 Å². The Balaban J connectivity index is 2.26. The molecular weight excluding hydrogens is 332 g/mol.